The van der Waals surface area contributed by atoms with Crippen molar-refractivity contribution in [3.8, 4) is 6.07 Å². The Hall–Kier alpha value is -4.41. The number of pyridine rings is 1. The zero-order chi connectivity index (χ0) is 24.2. The summed E-state index contributed by atoms with van der Waals surface area (Å²) in [5.74, 6) is 0. The van der Waals surface area contributed by atoms with Crippen LogP contribution in [-0.4, -0.2) is 20.4 Å². The van der Waals surface area contributed by atoms with E-state index < -0.39 is 0 Å². The standard InChI is InChI=1S/C27H22ClN7/c1-17(18-8-4-2-5-9-18)32-25-20(14-29)15-30-27-22(25)12-21(13-23(27)28)33-26(24-16-31-35-34-24)19-10-6-3-7-11-19/h2-13,15-17,26,33H,1H3,(H,30,32)(H,31,34,35). The maximum Gasteiger partial charge on any atom is 0.109 e. The number of nitriles is 1. The minimum atomic E-state index is -0.254. The largest absolute Gasteiger partial charge is 0.377 e. The minimum absolute atomic E-state index is 0.0310. The molecular weight excluding hydrogens is 458 g/mol. The van der Waals surface area contributed by atoms with Crippen molar-refractivity contribution in [1.82, 2.24) is 20.4 Å². The fourth-order valence-electron chi connectivity index (χ4n) is 4.11. The van der Waals surface area contributed by atoms with Crippen molar-refractivity contribution >= 4 is 33.9 Å². The third-order valence-electron chi connectivity index (χ3n) is 5.88. The number of nitrogens with one attached hydrogen (secondary N) is 3. The fourth-order valence-corrected chi connectivity index (χ4v) is 4.38. The Balaban J connectivity index is 1.58. The molecule has 172 valence electrons. The van der Waals surface area contributed by atoms with Crippen molar-refractivity contribution < 1.29 is 0 Å². The Kier molecular flexibility index (Phi) is 6.29. The van der Waals surface area contributed by atoms with E-state index in [0.29, 0.717) is 21.8 Å². The lowest BCUT2D eigenvalue weighted by atomic mass is 10.0. The van der Waals surface area contributed by atoms with Gasteiger partial charge in [0, 0.05) is 23.3 Å². The molecule has 0 aliphatic heterocycles. The lowest BCUT2D eigenvalue weighted by Gasteiger charge is -2.21. The van der Waals surface area contributed by atoms with Gasteiger partial charge in [0.15, 0.2) is 0 Å². The number of rotatable bonds is 7. The number of nitrogens with zero attached hydrogens (tertiary/aromatic N) is 4. The van der Waals surface area contributed by atoms with Crippen LogP contribution in [0.3, 0.4) is 0 Å². The van der Waals surface area contributed by atoms with Crippen LogP contribution in [0.5, 0.6) is 0 Å². The summed E-state index contributed by atoms with van der Waals surface area (Å²) in [6, 6.07) is 25.8. The van der Waals surface area contributed by atoms with Crippen molar-refractivity contribution in [2.45, 2.75) is 19.0 Å². The molecule has 0 amide bonds. The van der Waals surface area contributed by atoms with Crippen LogP contribution in [0.1, 0.15) is 41.4 Å². The zero-order valence-corrected chi connectivity index (χ0v) is 19.7. The molecule has 2 heterocycles. The number of halogens is 1. The van der Waals surface area contributed by atoms with Crippen LogP contribution < -0.4 is 10.6 Å². The van der Waals surface area contributed by atoms with Gasteiger partial charge in [-0.3, -0.25) is 4.98 Å². The maximum absolute atomic E-state index is 9.82. The Morgan fingerprint density at radius 3 is 2.31 bits per heavy atom. The van der Waals surface area contributed by atoms with Crippen LogP contribution in [0, 0.1) is 11.3 Å². The van der Waals surface area contributed by atoms with Crippen LogP contribution in [0.4, 0.5) is 11.4 Å². The van der Waals surface area contributed by atoms with Crippen molar-refractivity contribution in [3.05, 3.63) is 113 Å². The number of hydrogen-bond acceptors (Lipinski definition) is 6. The Morgan fingerprint density at radius 2 is 1.66 bits per heavy atom. The van der Waals surface area contributed by atoms with E-state index in [1.807, 2.05) is 60.7 Å². The highest BCUT2D eigenvalue weighted by atomic mass is 35.5. The molecule has 8 heteroatoms. The highest BCUT2D eigenvalue weighted by molar-refractivity contribution is 6.35. The molecule has 0 radical (unpaired) electrons. The van der Waals surface area contributed by atoms with Crippen molar-refractivity contribution in [2.75, 3.05) is 10.6 Å². The molecule has 35 heavy (non-hydrogen) atoms. The summed E-state index contributed by atoms with van der Waals surface area (Å²) in [7, 11) is 0. The van der Waals surface area contributed by atoms with E-state index in [2.05, 4.69) is 56.2 Å². The normalized spacial score (nSPS) is 12.6. The van der Waals surface area contributed by atoms with Gasteiger partial charge in [-0.2, -0.15) is 20.7 Å². The van der Waals surface area contributed by atoms with E-state index >= 15 is 0 Å². The van der Waals surface area contributed by atoms with Gasteiger partial charge < -0.3 is 10.6 Å². The smallest absolute Gasteiger partial charge is 0.109 e. The molecule has 0 aliphatic rings. The summed E-state index contributed by atoms with van der Waals surface area (Å²) in [6.45, 7) is 2.06. The number of aromatic nitrogens is 4. The van der Waals surface area contributed by atoms with Crippen LogP contribution in [-0.2, 0) is 0 Å². The van der Waals surface area contributed by atoms with Crippen molar-refractivity contribution in [1.29, 1.82) is 5.26 Å². The molecule has 5 rings (SSSR count). The van der Waals surface area contributed by atoms with Crippen LogP contribution in [0.2, 0.25) is 5.02 Å². The molecule has 0 aliphatic carbocycles. The molecule has 2 unspecified atom stereocenters. The first-order valence-electron chi connectivity index (χ1n) is 11.1. The number of aromatic amines is 1. The van der Waals surface area contributed by atoms with Crippen LogP contribution >= 0.6 is 11.6 Å². The predicted octanol–water partition coefficient (Wildman–Crippen LogP) is 6.25. The third-order valence-corrected chi connectivity index (χ3v) is 6.17. The van der Waals surface area contributed by atoms with Gasteiger partial charge in [0.2, 0.25) is 0 Å². The van der Waals surface area contributed by atoms with E-state index in [9.17, 15) is 5.26 Å². The summed E-state index contributed by atoms with van der Waals surface area (Å²) < 4.78 is 0. The molecule has 0 fully saturated rings. The van der Waals surface area contributed by atoms with E-state index in [1.54, 1.807) is 12.4 Å². The van der Waals surface area contributed by atoms with Gasteiger partial charge in [0.1, 0.15) is 11.8 Å². The molecule has 3 N–H and O–H groups in total. The molecule has 2 aromatic heterocycles. The third kappa shape index (κ3) is 4.65. The highest BCUT2D eigenvalue weighted by Gasteiger charge is 2.19. The summed E-state index contributed by atoms with van der Waals surface area (Å²) in [5, 5.41) is 29.1. The number of benzene rings is 3. The molecule has 2 atom stereocenters. The van der Waals surface area contributed by atoms with Gasteiger partial charge in [-0.1, -0.05) is 72.3 Å². The van der Waals surface area contributed by atoms with E-state index in [4.69, 9.17) is 11.6 Å². The van der Waals surface area contributed by atoms with Crippen molar-refractivity contribution in [3.63, 3.8) is 0 Å². The lowest BCUT2D eigenvalue weighted by molar-refractivity contribution is 0.852. The summed E-state index contributed by atoms with van der Waals surface area (Å²) >= 11 is 6.69. The lowest BCUT2D eigenvalue weighted by Crippen LogP contribution is -2.13. The average molecular weight is 480 g/mol. The van der Waals surface area contributed by atoms with Gasteiger partial charge >= 0.3 is 0 Å². The monoisotopic (exact) mass is 479 g/mol. The Labute approximate surface area is 207 Å². The SMILES string of the molecule is CC(Nc1c(C#N)cnc2c(Cl)cc(NC(c3ccccc3)c3cn[nH]n3)cc12)c1ccccc1. The highest BCUT2D eigenvalue weighted by Crippen LogP contribution is 2.36. The molecule has 0 saturated heterocycles. The second kappa shape index (κ2) is 9.84. The number of fused-ring (bicyclic) bond motifs is 1. The zero-order valence-electron chi connectivity index (χ0n) is 18.9. The quantitative estimate of drug-likeness (QED) is 0.255. The van der Waals surface area contributed by atoms with E-state index in [1.165, 1.54) is 0 Å². The van der Waals surface area contributed by atoms with E-state index in [-0.39, 0.29) is 12.1 Å². The fraction of sp³-hybridized carbons (Fsp3) is 0.111. The Bertz CT molecular complexity index is 1480. The van der Waals surface area contributed by atoms with Crippen molar-refractivity contribution in [2.24, 2.45) is 0 Å². The second-order valence-corrected chi connectivity index (χ2v) is 8.58. The number of anilines is 2. The summed E-state index contributed by atoms with van der Waals surface area (Å²) in [5.41, 5.74) is 5.41. The predicted molar refractivity (Wildman–Crippen MR) is 138 cm³/mol. The Morgan fingerprint density at radius 1 is 0.943 bits per heavy atom. The van der Waals surface area contributed by atoms with Gasteiger partial charge in [0.05, 0.1) is 34.0 Å². The number of hydrogen-bond donors (Lipinski definition) is 3. The molecule has 5 aromatic rings. The topological polar surface area (TPSA) is 102 Å². The molecular formula is C27H22ClN7. The summed E-state index contributed by atoms with van der Waals surface area (Å²) in [6.07, 6.45) is 3.25. The molecule has 7 nitrogen and oxygen atoms in total. The van der Waals surface area contributed by atoms with Crippen LogP contribution in [0.15, 0.2) is 85.2 Å². The summed E-state index contributed by atoms with van der Waals surface area (Å²) in [4.78, 5) is 4.47. The first kappa shape index (κ1) is 22.4. The molecule has 0 spiro atoms. The van der Waals surface area contributed by atoms with Gasteiger partial charge in [0.25, 0.3) is 0 Å². The first-order chi connectivity index (χ1) is 17.1. The average Bonchev–Trinajstić information content (AvgIpc) is 3.43. The maximum atomic E-state index is 9.82. The second-order valence-electron chi connectivity index (χ2n) is 8.17. The minimum Gasteiger partial charge on any atom is -0.377 e. The first-order valence-corrected chi connectivity index (χ1v) is 11.5. The number of H-pyrrole nitrogens is 1. The molecule has 3 aromatic carbocycles. The van der Waals surface area contributed by atoms with E-state index in [0.717, 1.165) is 27.9 Å². The molecule has 0 saturated carbocycles. The van der Waals surface area contributed by atoms with Crippen LogP contribution in [0.25, 0.3) is 10.9 Å². The van der Waals surface area contributed by atoms with Gasteiger partial charge in [-0.05, 0) is 30.2 Å². The van der Waals surface area contributed by atoms with Gasteiger partial charge in [-0.25, -0.2) is 0 Å². The molecule has 0 bridgehead atoms. The van der Waals surface area contributed by atoms with Gasteiger partial charge in [-0.15, -0.1) is 0 Å².